The third-order valence-electron chi connectivity index (χ3n) is 5.30. The number of benzene rings is 1. The molecule has 0 saturated heterocycles. The van der Waals surface area contributed by atoms with E-state index < -0.39 is 5.54 Å². The Morgan fingerprint density at radius 2 is 2.00 bits per heavy atom. The minimum absolute atomic E-state index is 0.198. The third kappa shape index (κ3) is 4.67. The van der Waals surface area contributed by atoms with Crippen LogP contribution in [0.4, 0.5) is 0 Å². The van der Waals surface area contributed by atoms with Gasteiger partial charge in [-0.2, -0.15) is 0 Å². The predicted molar refractivity (Wildman–Crippen MR) is 96.8 cm³/mol. The number of aryl methyl sites for hydroxylation is 1. The van der Waals surface area contributed by atoms with Gasteiger partial charge in [0, 0.05) is 6.42 Å². The fourth-order valence-corrected chi connectivity index (χ4v) is 3.78. The van der Waals surface area contributed by atoms with Crippen LogP contribution in [0.25, 0.3) is 0 Å². The second kappa shape index (κ2) is 7.67. The Kier molecular flexibility index (Phi) is 5.54. The maximum atomic E-state index is 10.2. The van der Waals surface area contributed by atoms with E-state index in [9.17, 15) is 5.11 Å². The fraction of sp³-hybridized carbons (Fsp3) is 0.600. The zero-order valence-electron chi connectivity index (χ0n) is 15.2. The van der Waals surface area contributed by atoms with Gasteiger partial charge in [-0.15, -0.1) is 10.2 Å². The van der Waals surface area contributed by atoms with E-state index in [-0.39, 0.29) is 6.10 Å². The van der Waals surface area contributed by atoms with Crippen LogP contribution in [0.1, 0.15) is 56.9 Å². The summed E-state index contributed by atoms with van der Waals surface area (Å²) in [6, 6.07) is 10.1. The van der Waals surface area contributed by atoms with E-state index >= 15 is 0 Å². The number of rotatable bonds is 6. The lowest BCUT2D eigenvalue weighted by Gasteiger charge is -2.31. The van der Waals surface area contributed by atoms with Crippen LogP contribution < -0.4 is 5.73 Å². The van der Waals surface area contributed by atoms with Crippen LogP contribution in [0.2, 0.25) is 0 Å². The molecule has 0 amide bonds. The first-order valence-corrected chi connectivity index (χ1v) is 9.28. The van der Waals surface area contributed by atoms with Gasteiger partial charge in [0.1, 0.15) is 0 Å². The molecule has 3 N–H and O–H groups in total. The van der Waals surface area contributed by atoms with Gasteiger partial charge >= 0.3 is 0 Å². The summed E-state index contributed by atoms with van der Waals surface area (Å²) in [4.78, 5) is 0. The molecule has 3 rings (SSSR count). The fourth-order valence-electron chi connectivity index (χ4n) is 3.78. The molecule has 25 heavy (non-hydrogen) atoms. The van der Waals surface area contributed by atoms with Crippen molar-refractivity contribution in [3.63, 3.8) is 0 Å². The summed E-state index contributed by atoms with van der Waals surface area (Å²) in [6.45, 7) is 4.18. The molecule has 1 heterocycles. The number of aliphatic hydroxyl groups excluding tert-OH is 1. The summed E-state index contributed by atoms with van der Waals surface area (Å²) in [5, 5.41) is 18.5. The van der Waals surface area contributed by atoms with Gasteiger partial charge in [-0.05, 0) is 56.4 Å². The predicted octanol–water partition coefficient (Wildman–Crippen LogP) is 3.22. The van der Waals surface area contributed by atoms with E-state index in [4.69, 9.17) is 10.2 Å². The van der Waals surface area contributed by atoms with Crippen molar-refractivity contribution in [2.75, 3.05) is 0 Å². The molecule has 0 radical (unpaired) electrons. The number of aliphatic hydroxyl groups is 1. The number of hydrogen-bond acceptors (Lipinski definition) is 5. The van der Waals surface area contributed by atoms with Crippen molar-refractivity contribution in [1.82, 2.24) is 10.2 Å². The lowest BCUT2D eigenvalue weighted by Crippen LogP contribution is -2.35. The molecule has 0 spiro atoms. The summed E-state index contributed by atoms with van der Waals surface area (Å²) in [7, 11) is 0. The van der Waals surface area contributed by atoms with Gasteiger partial charge < -0.3 is 15.3 Å². The Balaban J connectivity index is 1.59. The van der Waals surface area contributed by atoms with Gasteiger partial charge in [-0.3, -0.25) is 0 Å². The largest absolute Gasteiger partial charge is 0.423 e. The average molecular weight is 343 g/mol. The lowest BCUT2D eigenvalue weighted by molar-refractivity contribution is 0.0467. The zero-order chi connectivity index (χ0) is 17.9. The molecule has 2 unspecified atom stereocenters. The Labute approximate surface area is 149 Å². The minimum Gasteiger partial charge on any atom is -0.423 e. The standard InChI is InChI=1S/C20H29N3O2/c1-14-8-10-17(24)16(12-14)9-11-18-22-23-19(25-18)20(2,21)13-15-6-4-3-5-7-15/h3-7,14,16-17,24H,8-13,21H2,1-2H3/t14?,16?,17-,20-/m1/s1. The first-order valence-electron chi connectivity index (χ1n) is 9.28. The highest BCUT2D eigenvalue weighted by molar-refractivity contribution is 5.19. The molecule has 1 aliphatic carbocycles. The summed E-state index contributed by atoms with van der Waals surface area (Å²) in [6.07, 6.45) is 5.12. The average Bonchev–Trinajstić information content (AvgIpc) is 3.06. The highest BCUT2D eigenvalue weighted by Crippen LogP contribution is 2.32. The molecular formula is C20H29N3O2. The second-order valence-electron chi connectivity index (χ2n) is 7.87. The van der Waals surface area contributed by atoms with Crippen molar-refractivity contribution in [2.45, 2.75) is 64.0 Å². The van der Waals surface area contributed by atoms with Gasteiger partial charge in [-0.1, -0.05) is 37.3 Å². The molecule has 5 nitrogen and oxygen atoms in total. The van der Waals surface area contributed by atoms with Crippen molar-refractivity contribution in [3.05, 3.63) is 47.7 Å². The van der Waals surface area contributed by atoms with Crippen molar-refractivity contribution >= 4 is 0 Å². The van der Waals surface area contributed by atoms with E-state index in [2.05, 4.69) is 17.1 Å². The SMILES string of the molecule is CC1CC[C@@H](O)C(CCc2nnc([C@](C)(N)Cc3ccccc3)o2)C1. The van der Waals surface area contributed by atoms with Gasteiger partial charge in [0.15, 0.2) is 0 Å². The van der Waals surface area contributed by atoms with Crippen LogP contribution in [0, 0.1) is 11.8 Å². The molecule has 1 aromatic carbocycles. The van der Waals surface area contributed by atoms with Crippen LogP contribution in [0.15, 0.2) is 34.7 Å². The molecule has 0 aliphatic heterocycles. The molecule has 5 heteroatoms. The lowest BCUT2D eigenvalue weighted by atomic mass is 9.78. The molecule has 1 aromatic heterocycles. The van der Waals surface area contributed by atoms with Crippen molar-refractivity contribution < 1.29 is 9.52 Å². The maximum absolute atomic E-state index is 10.2. The smallest absolute Gasteiger partial charge is 0.236 e. The summed E-state index contributed by atoms with van der Waals surface area (Å²) in [5.41, 5.74) is 6.88. The molecule has 1 saturated carbocycles. The number of nitrogens with zero attached hydrogens (tertiary/aromatic N) is 2. The van der Waals surface area contributed by atoms with Crippen LogP contribution in [-0.2, 0) is 18.4 Å². The van der Waals surface area contributed by atoms with E-state index in [1.165, 1.54) is 0 Å². The van der Waals surface area contributed by atoms with E-state index in [0.29, 0.717) is 36.5 Å². The Morgan fingerprint density at radius 3 is 2.76 bits per heavy atom. The van der Waals surface area contributed by atoms with Crippen LogP contribution in [0.3, 0.4) is 0 Å². The number of aromatic nitrogens is 2. The normalized spacial score (nSPS) is 26.3. The van der Waals surface area contributed by atoms with Gasteiger partial charge in [-0.25, -0.2) is 0 Å². The number of hydrogen-bond donors (Lipinski definition) is 2. The molecule has 136 valence electrons. The molecular weight excluding hydrogens is 314 g/mol. The van der Waals surface area contributed by atoms with Crippen LogP contribution >= 0.6 is 0 Å². The van der Waals surface area contributed by atoms with Gasteiger partial charge in [0.25, 0.3) is 0 Å². The molecule has 1 fully saturated rings. The van der Waals surface area contributed by atoms with Crippen LogP contribution in [0.5, 0.6) is 0 Å². The van der Waals surface area contributed by atoms with Gasteiger partial charge in [0.2, 0.25) is 11.8 Å². The van der Waals surface area contributed by atoms with Crippen molar-refractivity contribution in [3.8, 4) is 0 Å². The molecule has 0 bridgehead atoms. The summed E-state index contributed by atoms with van der Waals surface area (Å²) < 4.78 is 5.84. The monoisotopic (exact) mass is 343 g/mol. The van der Waals surface area contributed by atoms with Crippen molar-refractivity contribution in [2.24, 2.45) is 17.6 Å². The first-order chi connectivity index (χ1) is 11.9. The first kappa shape index (κ1) is 18.1. The van der Waals surface area contributed by atoms with E-state index in [1.54, 1.807) is 0 Å². The Morgan fingerprint density at radius 1 is 1.24 bits per heavy atom. The molecule has 2 aromatic rings. The second-order valence-corrected chi connectivity index (χ2v) is 7.87. The summed E-state index contributed by atoms with van der Waals surface area (Å²) in [5.74, 6) is 2.10. The van der Waals surface area contributed by atoms with E-state index in [1.807, 2.05) is 37.3 Å². The molecule has 1 aliphatic rings. The van der Waals surface area contributed by atoms with Crippen molar-refractivity contribution in [1.29, 1.82) is 0 Å². The van der Waals surface area contributed by atoms with Crippen LogP contribution in [-0.4, -0.2) is 21.4 Å². The minimum atomic E-state index is -0.689. The van der Waals surface area contributed by atoms with Gasteiger partial charge in [0.05, 0.1) is 11.6 Å². The topological polar surface area (TPSA) is 85.2 Å². The number of nitrogens with two attached hydrogens (primary N) is 1. The molecule has 4 atom stereocenters. The zero-order valence-corrected chi connectivity index (χ0v) is 15.2. The Hall–Kier alpha value is -1.72. The third-order valence-corrected chi connectivity index (χ3v) is 5.30. The maximum Gasteiger partial charge on any atom is 0.236 e. The van der Waals surface area contributed by atoms with E-state index in [0.717, 1.165) is 31.2 Å². The summed E-state index contributed by atoms with van der Waals surface area (Å²) >= 11 is 0. The Bertz CT molecular complexity index is 669. The quantitative estimate of drug-likeness (QED) is 0.841. The highest BCUT2D eigenvalue weighted by atomic mass is 16.4. The highest BCUT2D eigenvalue weighted by Gasteiger charge is 2.30.